The zero-order valence-electron chi connectivity index (χ0n) is 11.3. The Morgan fingerprint density at radius 1 is 1.40 bits per heavy atom. The molecule has 2 aromatic heterocycles. The Kier molecular flexibility index (Phi) is 2.73. The van der Waals surface area contributed by atoms with E-state index in [-0.39, 0.29) is 11.9 Å². The molecule has 0 radical (unpaired) electrons. The zero-order valence-corrected chi connectivity index (χ0v) is 12.1. The smallest absolute Gasteiger partial charge is 0.268 e. The van der Waals surface area contributed by atoms with Gasteiger partial charge in [0, 0.05) is 17.6 Å². The molecule has 1 N–H and O–H groups in total. The van der Waals surface area contributed by atoms with Gasteiger partial charge in [0.2, 0.25) is 0 Å². The SMILES string of the molecule is CSc1ncc2cc3n(c2n1)[C@@H]1CCCC[C@@H]1NC3=O. The number of nitrogens with one attached hydrogen (secondary N) is 1. The first kappa shape index (κ1) is 12.2. The van der Waals surface area contributed by atoms with E-state index >= 15 is 0 Å². The summed E-state index contributed by atoms with van der Waals surface area (Å²) < 4.78 is 2.15. The van der Waals surface area contributed by atoms with Gasteiger partial charge < -0.3 is 9.88 Å². The average molecular weight is 288 g/mol. The minimum Gasteiger partial charge on any atom is -0.346 e. The highest BCUT2D eigenvalue weighted by molar-refractivity contribution is 7.98. The molecule has 20 heavy (non-hydrogen) atoms. The lowest BCUT2D eigenvalue weighted by molar-refractivity contribution is 0.0855. The molecule has 2 atom stereocenters. The molecule has 2 aliphatic rings. The summed E-state index contributed by atoms with van der Waals surface area (Å²) in [5, 5.41) is 4.87. The lowest BCUT2D eigenvalue weighted by Gasteiger charge is -2.38. The minimum absolute atomic E-state index is 0.0249. The van der Waals surface area contributed by atoms with Crippen LogP contribution < -0.4 is 5.32 Å². The average Bonchev–Trinajstić information content (AvgIpc) is 2.87. The fraction of sp³-hybridized carbons (Fsp3) is 0.500. The first-order valence-corrected chi connectivity index (χ1v) is 8.23. The standard InChI is InChI=1S/C14H16N4OS/c1-20-14-15-7-8-6-11-13(19)16-9-4-2-3-5-10(9)18(11)12(8)17-14/h6-7,9-10H,2-5H2,1H3,(H,16,19)/t9-,10+/m0/s1. The van der Waals surface area contributed by atoms with Gasteiger partial charge in [0.05, 0.1) is 6.04 Å². The fourth-order valence-corrected chi connectivity index (χ4v) is 3.77. The van der Waals surface area contributed by atoms with E-state index in [9.17, 15) is 4.79 Å². The summed E-state index contributed by atoms with van der Waals surface area (Å²) in [5.74, 6) is 0.0249. The number of carbonyl (C=O) groups excluding carboxylic acids is 1. The van der Waals surface area contributed by atoms with Gasteiger partial charge in [0.25, 0.3) is 5.91 Å². The summed E-state index contributed by atoms with van der Waals surface area (Å²) in [6.07, 6.45) is 8.38. The van der Waals surface area contributed by atoms with Crippen molar-refractivity contribution in [1.82, 2.24) is 19.9 Å². The molecule has 1 aliphatic carbocycles. The molecular weight excluding hydrogens is 272 g/mol. The maximum atomic E-state index is 12.3. The third-order valence-corrected chi connectivity index (χ3v) is 4.91. The third kappa shape index (κ3) is 1.67. The third-order valence-electron chi connectivity index (χ3n) is 4.35. The van der Waals surface area contributed by atoms with Crippen LogP contribution >= 0.6 is 11.8 Å². The molecule has 5 nitrogen and oxygen atoms in total. The van der Waals surface area contributed by atoms with Crippen molar-refractivity contribution in [2.24, 2.45) is 0 Å². The largest absolute Gasteiger partial charge is 0.346 e. The lowest BCUT2D eigenvalue weighted by Crippen LogP contribution is -2.48. The predicted molar refractivity (Wildman–Crippen MR) is 78.1 cm³/mol. The van der Waals surface area contributed by atoms with Crippen molar-refractivity contribution in [2.45, 2.75) is 42.9 Å². The van der Waals surface area contributed by atoms with Crippen LogP contribution in [0.1, 0.15) is 42.2 Å². The summed E-state index contributed by atoms with van der Waals surface area (Å²) in [6.45, 7) is 0. The Bertz CT molecular complexity index is 696. The van der Waals surface area contributed by atoms with Gasteiger partial charge in [0.15, 0.2) is 5.16 Å². The predicted octanol–water partition coefficient (Wildman–Crippen LogP) is 2.38. The van der Waals surface area contributed by atoms with Gasteiger partial charge in [-0.3, -0.25) is 4.79 Å². The molecule has 0 bridgehead atoms. The molecule has 0 unspecified atom stereocenters. The second-order valence-electron chi connectivity index (χ2n) is 5.47. The summed E-state index contributed by atoms with van der Waals surface area (Å²) >= 11 is 1.53. The van der Waals surface area contributed by atoms with Crippen molar-refractivity contribution in [3.63, 3.8) is 0 Å². The van der Waals surface area contributed by atoms with E-state index in [1.807, 2.05) is 18.5 Å². The number of fused-ring (bicyclic) bond motifs is 5. The number of rotatable bonds is 1. The highest BCUT2D eigenvalue weighted by atomic mass is 32.2. The highest BCUT2D eigenvalue weighted by Crippen LogP contribution is 2.36. The molecule has 4 rings (SSSR count). The molecule has 6 heteroatoms. The first-order valence-electron chi connectivity index (χ1n) is 7.01. The van der Waals surface area contributed by atoms with Gasteiger partial charge in [-0.2, -0.15) is 0 Å². The van der Waals surface area contributed by atoms with Crippen LogP contribution in [0.4, 0.5) is 0 Å². The Balaban J connectivity index is 1.95. The molecule has 1 saturated carbocycles. The van der Waals surface area contributed by atoms with E-state index in [0.29, 0.717) is 6.04 Å². The van der Waals surface area contributed by atoms with E-state index < -0.39 is 0 Å². The number of carbonyl (C=O) groups is 1. The van der Waals surface area contributed by atoms with Gasteiger partial charge in [-0.1, -0.05) is 24.6 Å². The van der Waals surface area contributed by atoms with E-state index in [2.05, 4.69) is 19.9 Å². The molecule has 104 valence electrons. The van der Waals surface area contributed by atoms with Crippen LogP contribution in [0, 0.1) is 0 Å². The molecule has 1 fully saturated rings. The number of aromatic nitrogens is 3. The molecule has 1 aliphatic heterocycles. The van der Waals surface area contributed by atoms with Crippen molar-refractivity contribution in [1.29, 1.82) is 0 Å². The van der Waals surface area contributed by atoms with E-state index in [0.717, 1.165) is 34.7 Å². The number of thioether (sulfide) groups is 1. The summed E-state index contributed by atoms with van der Waals surface area (Å²) in [4.78, 5) is 21.2. The van der Waals surface area contributed by atoms with Gasteiger partial charge in [-0.25, -0.2) is 9.97 Å². The van der Waals surface area contributed by atoms with E-state index in [1.54, 1.807) is 0 Å². The summed E-state index contributed by atoms with van der Waals surface area (Å²) in [6, 6.07) is 2.52. The summed E-state index contributed by atoms with van der Waals surface area (Å²) in [5.41, 5.74) is 1.64. The second kappa shape index (κ2) is 4.48. The topological polar surface area (TPSA) is 59.8 Å². The van der Waals surface area contributed by atoms with Crippen LogP contribution in [-0.4, -0.2) is 32.7 Å². The fourth-order valence-electron chi connectivity index (χ4n) is 3.43. The zero-order chi connectivity index (χ0) is 13.7. The van der Waals surface area contributed by atoms with Crippen LogP contribution in [0.2, 0.25) is 0 Å². The quantitative estimate of drug-likeness (QED) is 0.646. The van der Waals surface area contributed by atoms with Crippen LogP contribution in [0.3, 0.4) is 0 Å². The van der Waals surface area contributed by atoms with Crippen molar-refractivity contribution in [3.8, 4) is 0 Å². The van der Waals surface area contributed by atoms with Gasteiger partial charge in [0.1, 0.15) is 11.3 Å². The Labute approximate surface area is 121 Å². The second-order valence-corrected chi connectivity index (χ2v) is 6.24. The van der Waals surface area contributed by atoms with E-state index in [1.165, 1.54) is 24.6 Å². The first-order chi connectivity index (χ1) is 9.78. The molecule has 2 aromatic rings. The van der Waals surface area contributed by atoms with E-state index in [4.69, 9.17) is 0 Å². The monoisotopic (exact) mass is 288 g/mol. The van der Waals surface area contributed by atoms with Gasteiger partial charge >= 0.3 is 0 Å². The van der Waals surface area contributed by atoms with Gasteiger partial charge in [-0.05, 0) is 25.2 Å². The van der Waals surface area contributed by atoms with Crippen LogP contribution in [0.15, 0.2) is 17.4 Å². The molecule has 1 amide bonds. The maximum absolute atomic E-state index is 12.3. The normalized spacial score (nSPS) is 25.1. The Hall–Kier alpha value is -1.56. The van der Waals surface area contributed by atoms with Crippen LogP contribution in [-0.2, 0) is 0 Å². The van der Waals surface area contributed by atoms with Crippen LogP contribution in [0.25, 0.3) is 11.0 Å². The lowest BCUT2D eigenvalue weighted by atomic mass is 9.88. The minimum atomic E-state index is 0.0249. The Morgan fingerprint density at radius 2 is 2.25 bits per heavy atom. The number of amides is 1. The number of hydrogen-bond donors (Lipinski definition) is 1. The molecule has 3 heterocycles. The van der Waals surface area contributed by atoms with Crippen molar-refractivity contribution >= 4 is 28.7 Å². The number of nitrogens with zero attached hydrogens (tertiary/aromatic N) is 3. The highest BCUT2D eigenvalue weighted by Gasteiger charge is 2.36. The van der Waals surface area contributed by atoms with Gasteiger partial charge in [-0.15, -0.1) is 0 Å². The van der Waals surface area contributed by atoms with Crippen molar-refractivity contribution < 1.29 is 4.79 Å². The van der Waals surface area contributed by atoms with Crippen molar-refractivity contribution in [3.05, 3.63) is 18.0 Å². The summed E-state index contributed by atoms with van der Waals surface area (Å²) in [7, 11) is 0. The van der Waals surface area contributed by atoms with Crippen molar-refractivity contribution in [2.75, 3.05) is 6.26 Å². The molecule has 0 saturated heterocycles. The van der Waals surface area contributed by atoms with Crippen LogP contribution in [0.5, 0.6) is 0 Å². The molecule has 0 spiro atoms. The Morgan fingerprint density at radius 3 is 3.10 bits per heavy atom. The number of hydrogen-bond acceptors (Lipinski definition) is 4. The maximum Gasteiger partial charge on any atom is 0.268 e. The molecular formula is C14H16N4OS. The molecule has 0 aromatic carbocycles.